The van der Waals surface area contributed by atoms with Crippen LogP contribution in [0, 0.1) is 5.41 Å². The maximum Gasteiger partial charge on any atom is 0.240 e. The van der Waals surface area contributed by atoms with E-state index in [0.29, 0.717) is 6.54 Å². The van der Waals surface area contributed by atoms with Crippen molar-refractivity contribution >= 4 is 34.2 Å². The molecular weight excluding hydrogens is 328 g/mol. The van der Waals surface area contributed by atoms with Gasteiger partial charge in [-0.15, -0.1) is 12.4 Å². The maximum atomic E-state index is 12.2. The molecule has 0 aliphatic rings. The van der Waals surface area contributed by atoms with Crippen LogP contribution in [0.5, 0.6) is 0 Å². The summed E-state index contributed by atoms with van der Waals surface area (Å²) in [6, 6.07) is 7.46. The Bertz CT molecular complexity index is 414. The normalized spacial score (nSPS) is 12.5. The van der Waals surface area contributed by atoms with Gasteiger partial charge in [-0.05, 0) is 23.1 Å². The molecule has 1 atom stereocenters. The van der Waals surface area contributed by atoms with Crippen molar-refractivity contribution in [2.45, 2.75) is 33.4 Å². The number of hydrogen-bond donors (Lipinski definition) is 1. The minimum atomic E-state index is -0.474. The topological polar surface area (TPSA) is 46.3 Å². The van der Waals surface area contributed by atoms with Crippen LogP contribution in [0.2, 0.25) is 0 Å². The van der Waals surface area contributed by atoms with E-state index in [0.717, 1.165) is 10.0 Å². The molecule has 108 valence electrons. The van der Waals surface area contributed by atoms with Gasteiger partial charge in [-0.1, -0.05) is 48.8 Å². The molecule has 1 rings (SSSR count). The van der Waals surface area contributed by atoms with Gasteiger partial charge < -0.3 is 10.6 Å². The first-order valence-electron chi connectivity index (χ1n) is 5.97. The van der Waals surface area contributed by atoms with Crippen LogP contribution in [0.4, 0.5) is 0 Å². The fraction of sp³-hybridized carbons (Fsp3) is 0.500. The second-order valence-electron chi connectivity index (χ2n) is 5.66. The summed E-state index contributed by atoms with van der Waals surface area (Å²) >= 11 is 3.39. The van der Waals surface area contributed by atoms with Crippen LogP contribution in [0.25, 0.3) is 0 Å². The monoisotopic (exact) mass is 348 g/mol. The van der Waals surface area contributed by atoms with Gasteiger partial charge in [0.15, 0.2) is 0 Å². The van der Waals surface area contributed by atoms with E-state index in [1.807, 2.05) is 45.0 Å². The Morgan fingerprint density at radius 2 is 1.79 bits per heavy atom. The minimum Gasteiger partial charge on any atom is -0.340 e. The number of carbonyl (C=O) groups excluding carboxylic acids is 1. The summed E-state index contributed by atoms with van der Waals surface area (Å²) in [5, 5.41) is 0. The summed E-state index contributed by atoms with van der Waals surface area (Å²) < 4.78 is 1.03. The number of rotatable bonds is 3. The molecule has 0 aromatic heterocycles. The standard InChI is InChI=1S/C14H21BrN2O.ClH/c1-14(2,3)12(16)13(18)17(4)9-10-5-7-11(15)8-6-10;/h5-8,12H,9,16H2,1-4H3;1H/t12-;/m1./s1. The number of likely N-dealkylation sites (N-methyl/N-ethyl adjacent to an activating group) is 1. The Kier molecular flexibility index (Phi) is 7.05. The van der Waals surface area contributed by atoms with Crippen molar-refractivity contribution in [3.8, 4) is 0 Å². The van der Waals surface area contributed by atoms with Crippen molar-refractivity contribution in [3.05, 3.63) is 34.3 Å². The van der Waals surface area contributed by atoms with E-state index in [2.05, 4.69) is 15.9 Å². The van der Waals surface area contributed by atoms with Gasteiger partial charge in [-0.3, -0.25) is 4.79 Å². The fourth-order valence-corrected chi connectivity index (χ4v) is 1.81. The molecule has 0 spiro atoms. The van der Waals surface area contributed by atoms with E-state index in [-0.39, 0.29) is 23.7 Å². The van der Waals surface area contributed by atoms with E-state index < -0.39 is 6.04 Å². The first-order valence-corrected chi connectivity index (χ1v) is 6.76. The zero-order chi connectivity index (χ0) is 13.9. The molecule has 0 aliphatic heterocycles. The van der Waals surface area contributed by atoms with Crippen molar-refractivity contribution in [1.29, 1.82) is 0 Å². The lowest BCUT2D eigenvalue weighted by Crippen LogP contribution is -2.48. The van der Waals surface area contributed by atoms with E-state index in [9.17, 15) is 4.79 Å². The highest BCUT2D eigenvalue weighted by Crippen LogP contribution is 2.19. The van der Waals surface area contributed by atoms with Crippen LogP contribution in [0.3, 0.4) is 0 Å². The number of halogens is 2. The molecular formula is C14H22BrClN2O. The summed E-state index contributed by atoms with van der Waals surface area (Å²) in [5.41, 5.74) is 6.85. The molecule has 1 amide bonds. The molecule has 0 aliphatic carbocycles. The SMILES string of the molecule is CN(Cc1ccc(Br)cc1)C(=O)[C@@H](N)C(C)(C)C.Cl. The highest BCUT2D eigenvalue weighted by molar-refractivity contribution is 9.10. The number of nitrogens with zero attached hydrogens (tertiary/aromatic N) is 1. The number of amides is 1. The molecule has 1 aromatic rings. The largest absolute Gasteiger partial charge is 0.340 e. The van der Waals surface area contributed by atoms with Crippen LogP contribution < -0.4 is 5.73 Å². The average Bonchev–Trinajstić information content (AvgIpc) is 2.29. The van der Waals surface area contributed by atoms with E-state index in [1.165, 1.54) is 0 Å². The number of benzene rings is 1. The summed E-state index contributed by atoms with van der Waals surface area (Å²) in [7, 11) is 1.79. The number of carbonyl (C=O) groups is 1. The summed E-state index contributed by atoms with van der Waals surface area (Å²) in [5.74, 6) is -0.0228. The molecule has 5 heteroatoms. The molecule has 0 saturated carbocycles. The lowest BCUT2D eigenvalue weighted by Gasteiger charge is -2.30. The van der Waals surface area contributed by atoms with Gasteiger partial charge in [0.1, 0.15) is 0 Å². The molecule has 0 fully saturated rings. The van der Waals surface area contributed by atoms with Gasteiger partial charge in [-0.25, -0.2) is 0 Å². The Morgan fingerprint density at radius 1 is 1.32 bits per heavy atom. The van der Waals surface area contributed by atoms with Gasteiger partial charge in [0, 0.05) is 18.1 Å². The van der Waals surface area contributed by atoms with Gasteiger partial charge in [-0.2, -0.15) is 0 Å². The molecule has 2 N–H and O–H groups in total. The predicted octanol–water partition coefficient (Wildman–Crippen LogP) is 3.20. The van der Waals surface area contributed by atoms with Crippen molar-refractivity contribution in [2.75, 3.05) is 7.05 Å². The number of nitrogens with two attached hydrogens (primary N) is 1. The van der Waals surface area contributed by atoms with Crippen molar-refractivity contribution in [1.82, 2.24) is 4.90 Å². The Hall–Kier alpha value is -0.580. The Balaban J connectivity index is 0.00000324. The van der Waals surface area contributed by atoms with Gasteiger partial charge >= 0.3 is 0 Å². The molecule has 0 bridgehead atoms. The molecule has 0 saturated heterocycles. The quantitative estimate of drug-likeness (QED) is 0.911. The lowest BCUT2D eigenvalue weighted by molar-refractivity contribution is -0.134. The van der Waals surface area contributed by atoms with E-state index in [4.69, 9.17) is 5.73 Å². The second kappa shape index (κ2) is 7.27. The summed E-state index contributed by atoms with van der Waals surface area (Å²) in [6.07, 6.45) is 0. The van der Waals surface area contributed by atoms with Crippen LogP contribution in [-0.2, 0) is 11.3 Å². The lowest BCUT2D eigenvalue weighted by atomic mass is 9.86. The minimum absolute atomic E-state index is 0. The van der Waals surface area contributed by atoms with Crippen LogP contribution in [-0.4, -0.2) is 23.9 Å². The zero-order valence-corrected chi connectivity index (χ0v) is 14.2. The van der Waals surface area contributed by atoms with Gasteiger partial charge in [0.05, 0.1) is 6.04 Å². The summed E-state index contributed by atoms with van der Waals surface area (Å²) in [6.45, 7) is 6.50. The third kappa shape index (κ3) is 5.51. The third-order valence-corrected chi connectivity index (χ3v) is 3.44. The number of hydrogen-bond acceptors (Lipinski definition) is 2. The van der Waals surface area contributed by atoms with Gasteiger partial charge in [0.25, 0.3) is 0 Å². The molecule has 0 unspecified atom stereocenters. The van der Waals surface area contributed by atoms with Gasteiger partial charge in [0.2, 0.25) is 5.91 Å². The predicted molar refractivity (Wildman–Crippen MR) is 85.3 cm³/mol. The average molecular weight is 350 g/mol. The van der Waals surface area contributed by atoms with Crippen LogP contribution >= 0.6 is 28.3 Å². The Morgan fingerprint density at radius 3 is 2.21 bits per heavy atom. The molecule has 3 nitrogen and oxygen atoms in total. The fourth-order valence-electron chi connectivity index (χ4n) is 1.55. The van der Waals surface area contributed by atoms with E-state index >= 15 is 0 Å². The highest BCUT2D eigenvalue weighted by atomic mass is 79.9. The van der Waals surface area contributed by atoms with Crippen molar-refractivity contribution in [3.63, 3.8) is 0 Å². The molecule has 0 heterocycles. The van der Waals surface area contributed by atoms with Crippen LogP contribution in [0.1, 0.15) is 26.3 Å². The summed E-state index contributed by atoms with van der Waals surface area (Å²) in [4.78, 5) is 13.8. The van der Waals surface area contributed by atoms with Crippen molar-refractivity contribution < 1.29 is 4.79 Å². The van der Waals surface area contributed by atoms with E-state index in [1.54, 1.807) is 11.9 Å². The molecule has 0 radical (unpaired) electrons. The smallest absolute Gasteiger partial charge is 0.240 e. The molecule has 19 heavy (non-hydrogen) atoms. The Labute approximate surface area is 130 Å². The first kappa shape index (κ1) is 18.4. The first-order chi connectivity index (χ1) is 8.21. The zero-order valence-electron chi connectivity index (χ0n) is 11.8. The highest BCUT2D eigenvalue weighted by Gasteiger charge is 2.29. The third-order valence-electron chi connectivity index (χ3n) is 2.91. The van der Waals surface area contributed by atoms with Crippen LogP contribution in [0.15, 0.2) is 28.7 Å². The van der Waals surface area contributed by atoms with Crippen molar-refractivity contribution in [2.24, 2.45) is 11.1 Å². The molecule has 1 aromatic carbocycles. The maximum absolute atomic E-state index is 12.2. The second-order valence-corrected chi connectivity index (χ2v) is 6.58.